The van der Waals surface area contributed by atoms with Crippen LogP contribution in [0.4, 0.5) is 4.39 Å². The third kappa shape index (κ3) is 2.67. The van der Waals surface area contributed by atoms with E-state index in [9.17, 15) is 4.39 Å². The molecule has 0 nitrogen and oxygen atoms in total. The van der Waals surface area contributed by atoms with E-state index < -0.39 is 0 Å². The lowest BCUT2D eigenvalue weighted by Gasteiger charge is -2.09. The Labute approximate surface area is 108 Å². The van der Waals surface area contributed by atoms with E-state index in [1.165, 1.54) is 0 Å². The molecule has 0 aliphatic heterocycles. The molecule has 18 heavy (non-hydrogen) atoms. The summed E-state index contributed by atoms with van der Waals surface area (Å²) in [7, 11) is 0. The Bertz CT molecular complexity index is 541. The van der Waals surface area contributed by atoms with Crippen LogP contribution in [0, 0.1) is 5.82 Å². The van der Waals surface area contributed by atoms with E-state index >= 15 is 0 Å². The summed E-state index contributed by atoms with van der Waals surface area (Å²) in [6, 6.07) is 15.1. The molecule has 0 spiro atoms. The fourth-order valence-corrected chi connectivity index (χ4v) is 2.07. The van der Waals surface area contributed by atoms with Crippen LogP contribution in [0.5, 0.6) is 0 Å². The van der Waals surface area contributed by atoms with Gasteiger partial charge in [0.25, 0.3) is 0 Å². The van der Waals surface area contributed by atoms with Crippen molar-refractivity contribution in [3.8, 4) is 11.1 Å². The zero-order chi connectivity index (χ0) is 13.0. The van der Waals surface area contributed by atoms with Crippen LogP contribution in [0.25, 0.3) is 11.1 Å². The average Bonchev–Trinajstić information content (AvgIpc) is 2.40. The summed E-state index contributed by atoms with van der Waals surface area (Å²) < 4.78 is 14.1. The number of hydrogen-bond acceptors (Lipinski definition) is 0. The first-order chi connectivity index (χ1) is 8.72. The summed E-state index contributed by atoms with van der Waals surface area (Å²) in [5, 5.41) is 0. The Morgan fingerprint density at radius 2 is 1.78 bits per heavy atom. The van der Waals surface area contributed by atoms with Crippen molar-refractivity contribution in [2.24, 2.45) is 0 Å². The van der Waals surface area contributed by atoms with Crippen LogP contribution < -0.4 is 0 Å². The Kier molecular flexibility index (Phi) is 3.93. The van der Waals surface area contributed by atoms with Gasteiger partial charge in [-0.05, 0) is 30.0 Å². The molecule has 0 aliphatic carbocycles. The molecule has 0 amide bonds. The molecule has 0 saturated heterocycles. The van der Waals surface area contributed by atoms with Crippen molar-refractivity contribution >= 4 is 0 Å². The van der Waals surface area contributed by atoms with Crippen LogP contribution >= 0.6 is 0 Å². The molecule has 1 atom stereocenters. The fraction of sp³-hybridized carbons (Fsp3) is 0.176. The normalized spacial score (nSPS) is 12.8. The summed E-state index contributed by atoms with van der Waals surface area (Å²) in [6.45, 7) is 4.04. The summed E-state index contributed by atoms with van der Waals surface area (Å²) in [5.41, 5.74) is 2.58. The Hall–Kier alpha value is -1.89. The van der Waals surface area contributed by atoms with Crippen LogP contribution in [0.2, 0.25) is 0 Å². The molecule has 0 heterocycles. The molecular weight excluding hydrogens is 223 g/mol. The van der Waals surface area contributed by atoms with Crippen molar-refractivity contribution in [1.82, 2.24) is 0 Å². The molecule has 0 N–H and O–H groups in total. The molecular formula is C17H17F. The summed E-state index contributed by atoms with van der Waals surface area (Å²) in [5.74, 6) is 0.0874. The first-order valence-electron chi connectivity index (χ1n) is 6.20. The minimum atomic E-state index is -0.157. The predicted octanol–water partition coefficient (Wildman–Crippen LogP) is 5.17. The van der Waals surface area contributed by atoms with Crippen LogP contribution in [0.15, 0.2) is 60.7 Å². The second kappa shape index (κ2) is 5.63. The predicted molar refractivity (Wildman–Crippen MR) is 75.1 cm³/mol. The smallest absolute Gasteiger partial charge is 0.131 e. The molecule has 2 aromatic rings. The van der Waals surface area contributed by atoms with Gasteiger partial charge in [-0.15, -0.1) is 0 Å². The van der Waals surface area contributed by atoms with Crippen molar-refractivity contribution in [2.75, 3.05) is 0 Å². The Morgan fingerprint density at radius 3 is 2.39 bits per heavy atom. The minimum Gasteiger partial charge on any atom is -0.206 e. The summed E-state index contributed by atoms with van der Waals surface area (Å²) in [6.07, 6.45) is 4.06. The largest absolute Gasteiger partial charge is 0.206 e. The highest BCUT2D eigenvalue weighted by atomic mass is 19.1. The van der Waals surface area contributed by atoms with Gasteiger partial charge in [0.1, 0.15) is 5.82 Å². The number of hydrogen-bond donors (Lipinski definition) is 0. The second-order valence-corrected chi connectivity index (χ2v) is 4.42. The van der Waals surface area contributed by atoms with Gasteiger partial charge in [0.2, 0.25) is 0 Å². The first-order valence-corrected chi connectivity index (χ1v) is 6.20. The van der Waals surface area contributed by atoms with Gasteiger partial charge in [-0.1, -0.05) is 61.5 Å². The molecule has 92 valence electrons. The molecule has 1 heteroatoms. The van der Waals surface area contributed by atoms with Gasteiger partial charge in [0.15, 0.2) is 0 Å². The summed E-state index contributed by atoms with van der Waals surface area (Å²) in [4.78, 5) is 0. The van der Waals surface area contributed by atoms with Crippen LogP contribution in [-0.2, 0) is 0 Å². The number of allylic oxidation sites excluding steroid dienone is 2. The van der Waals surface area contributed by atoms with E-state index in [2.05, 4.69) is 13.0 Å². The van der Waals surface area contributed by atoms with E-state index in [1.54, 1.807) is 6.07 Å². The number of benzene rings is 2. The van der Waals surface area contributed by atoms with E-state index in [0.717, 1.165) is 11.1 Å². The number of halogens is 1. The molecule has 0 aromatic heterocycles. The third-order valence-corrected chi connectivity index (χ3v) is 3.08. The average molecular weight is 240 g/mol. The molecule has 2 aromatic carbocycles. The highest BCUT2D eigenvalue weighted by Crippen LogP contribution is 2.26. The standard InChI is InChI=1S/C17H17F/c1-3-7-13(2)15-10-11-16(17(18)12-15)14-8-5-4-6-9-14/h3-13H,1-2H3. The third-order valence-electron chi connectivity index (χ3n) is 3.08. The van der Waals surface area contributed by atoms with E-state index in [0.29, 0.717) is 5.56 Å². The van der Waals surface area contributed by atoms with Crippen molar-refractivity contribution in [2.45, 2.75) is 19.8 Å². The lowest BCUT2D eigenvalue weighted by molar-refractivity contribution is 0.628. The zero-order valence-electron chi connectivity index (χ0n) is 10.7. The SMILES string of the molecule is CC=CC(C)c1ccc(-c2ccccc2)c(F)c1. The van der Waals surface area contributed by atoms with Crippen molar-refractivity contribution in [3.63, 3.8) is 0 Å². The Morgan fingerprint density at radius 1 is 1.06 bits per heavy atom. The fourth-order valence-electron chi connectivity index (χ4n) is 2.07. The zero-order valence-corrected chi connectivity index (χ0v) is 10.7. The summed E-state index contributed by atoms with van der Waals surface area (Å²) >= 11 is 0. The highest BCUT2D eigenvalue weighted by Gasteiger charge is 2.08. The van der Waals surface area contributed by atoms with Gasteiger partial charge >= 0.3 is 0 Å². The molecule has 0 radical (unpaired) electrons. The van der Waals surface area contributed by atoms with E-state index in [-0.39, 0.29) is 11.7 Å². The van der Waals surface area contributed by atoms with E-state index in [4.69, 9.17) is 0 Å². The minimum absolute atomic E-state index is 0.157. The van der Waals surface area contributed by atoms with Crippen molar-refractivity contribution in [1.29, 1.82) is 0 Å². The maximum absolute atomic E-state index is 14.1. The molecule has 1 unspecified atom stereocenters. The van der Waals surface area contributed by atoms with Gasteiger partial charge in [-0.25, -0.2) is 4.39 Å². The molecule has 0 fully saturated rings. The quantitative estimate of drug-likeness (QED) is 0.649. The monoisotopic (exact) mass is 240 g/mol. The van der Waals surface area contributed by atoms with Crippen molar-refractivity contribution < 1.29 is 4.39 Å². The number of rotatable bonds is 3. The molecule has 0 bridgehead atoms. The molecule has 0 aliphatic rings. The lowest BCUT2D eigenvalue weighted by atomic mass is 9.96. The first kappa shape index (κ1) is 12.6. The highest BCUT2D eigenvalue weighted by molar-refractivity contribution is 5.64. The maximum atomic E-state index is 14.1. The molecule has 2 rings (SSSR count). The maximum Gasteiger partial charge on any atom is 0.131 e. The Balaban J connectivity index is 2.37. The van der Waals surface area contributed by atoms with Crippen LogP contribution in [-0.4, -0.2) is 0 Å². The van der Waals surface area contributed by atoms with Gasteiger partial charge in [-0.2, -0.15) is 0 Å². The van der Waals surface area contributed by atoms with Gasteiger partial charge < -0.3 is 0 Å². The van der Waals surface area contributed by atoms with Crippen molar-refractivity contribution in [3.05, 3.63) is 72.1 Å². The molecule has 0 saturated carbocycles. The topological polar surface area (TPSA) is 0 Å². The van der Waals surface area contributed by atoms with Crippen LogP contribution in [0.1, 0.15) is 25.3 Å². The van der Waals surface area contributed by atoms with Gasteiger partial charge in [0.05, 0.1) is 0 Å². The van der Waals surface area contributed by atoms with Gasteiger partial charge in [-0.3, -0.25) is 0 Å². The van der Waals surface area contributed by atoms with E-state index in [1.807, 2.05) is 55.5 Å². The van der Waals surface area contributed by atoms with Crippen LogP contribution in [0.3, 0.4) is 0 Å². The lowest BCUT2D eigenvalue weighted by Crippen LogP contribution is -1.92. The van der Waals surface area contributed by atoms with Gasteiger partial charge in [0, 0.05) is 5.56 Å². The second-order valence-electron chi connectivity index (χ2n) is 4.42.